The molecule has 1 aromatic carbocycles. The molecule has 2 amide bonds. The fraction of sp³-hybridized carbons (Fsp3) is 0.333. The number of hydrogen-bond acceptors (Lipinski definition) is 5. The monoisotopic (exact) mass is 316 g/mol. The highest BCUT2D eigenvalue weighted by atomic mass is 32.1. The van der Waals surface area contributed by atoms with E-state index < -0.39 is 0 Å². The standard InChI is InChI=1S/C15H16N4O2S/c1-2-10-3-5-12(6-4-10)19-8-11(7-13(19)20)14(21)17-15-18-16-9-22-15/h3-6,9,11H,2,7-8H2,1H3,(H,17,18,21). The van der Waals surface area contributed by atoms with Gasteiger partial charge in [-0.15, -0.1) is 10.2 Å². The highest BCUT2D eigenvalue weighted by Gasteiger charge is 2.35. The maximum absolute atomic E-state index is 12.2. The van der Waals surface area contributed by atoms with Crippen molar-refractivity contribution >= 4 is 34.0 Å². The number of carbonyl (C=O) groups is 2. The van der Waals surface area contributed by atoms with Gasteiger partial charge in [0.05, 0.1) is 5.92 Å². The van der Waals surface area contributed by atoms with E-state index in [1.807, 2.05) is 24.3 Å². The van der Waals surface area contributed by atoms with Gasteiger partial charge < -0.3 is 10.2 Å². The van der Waals surface area contributed by atoms with E-state index in [0.717, 1.165) is 12.1 Å². The topological polar surface area (TPSA) is 75.2 Å². The van der Waals surface area contributed by atoms with Gasteiger partial charge in [-0.05, 0) is 24.1 Å². The van der Waals surface area contributed by atoms with Crippen LogP contribution in [0.25, 0.3) is 0 Å². The molecular formula is C15H16N4O2S. The highest BCUT2D eigenvalue weighted by Crippen LogP contribution is 2.26. The molecule has 2 aromatic rings. The zero-order valence-electron chi connectivity index (χ0n) is 12.2. The van der Waals surface area contributed by atoms with Crippen LogP contribution >= 0.6 is 11.3 Å². The molecule has 114 valence electrons. The molecule has 0 bridgehead atoms. The second-order valence-corrected chi connectivity index (χ2v) is 5.99. The van der Waals surface area contributed by atoms with E-state index in [2.05, 4.69) is 22.4 Å². The summed E-state index contributed by atoms with van der Waals surface area (Å²) in [5.74, 6) is -0.568. The predicted octanol–water partition coefficient (Wildman–Crippen LogP) is 2.09. The van der Waals surface area contributed by atoms with Crippen molar-refractivity contribution in [3.05, 3.63) is 35.3 Å². The fourth-order valence-electron chi connectivity index (χ4n) is 2.48. The molecule has 1 aliphatic rings. The molecule has 1 aliphatic heterocycles. The Morgan fingerprint density at radius 1 is 1.41 bits per heavy atom. The Morgan fingerprint density at radius 2 is 2.18 bits per heavy atom. The molecule has 3 rings (SSSR count). The second kappa shape index (κ2) is 6.23. The van der Waals surface area contributed by atoms with E-state index in [1.54, 1.807) is 10.4 Å². The van der Waals surface area contributed by atoms with Crippen LogP contribution in [0.5, 0.6) is 0 Å². The number of hydrogen-bond donors (Lipinski definition) is 1. The Labute approximate surface area is 132 Å². The number of aromatic nitrogens is 2. The van der Waals surface area contributed by atoms with Crippen LogP contribution in [-0.4, -0.2) is 28.6 Å². The van der Waals surface area contributed by atoms with Gasteiger partial charge in [-0.1, -0.05) is 30.4 Å². The van der Waals surface area contributed by atoms with Crippen LogP contribution in [0, 0.1) is 5.92 Å². The first kappa shape index (κ1) is 14.6. The van der Waals surface area contributed by atoms with E-state index in [0.29, 0.717) is 11.7 Å². The summed E-state index contributed by atoms with van der Waals surface area (Å²) in [7, 11) is 0. The van der Waals surface area contributed by atoms with Gasteiger partial charge >= 0.3 is 0 Å². The molecule has 7 heteroatoms. The van der Waals surface area contributed by atoms with Crippen LogP contribution in [0.15, 0.2) is 29.8 Å². The van der Waals surface area contributed by atoms with Gasteiger partial charge in [0.25, 0.3) is 0 Å². The third kappa shape index (κ3) is 2.99. The minimum atomic E-state index is -0.359. The average molecular weight is 316 g/mol. The Balaban J connectivity index is 1.68. The lowest BCUT2D eigenvalue weighted by Crippen LogP contribution is -2.28. The fourth-order valence-corrected chi connectivity index (χ4v) is 2.93. The molecule has 0 saturated carbocycles. The van der Waals surface area contributed by atoms with E-state index in [9.17, 15) is 9.59 Å². The molecule has 1 fully saturated rings. The van der Waals surface area contributed by atoms with Gasteiger partial charge in [0.2, 0.25) is 16.9 Å². The van der Waals surface area contributed by atoms with Gasteiger partial charge in [-0.2, -0.15) is 0 Å². The summed E-state index contributed by atoms with van der Waals surface area (Å²) < 4.78 is 0. The normalized spacial score (nSPS) is 17.8. The summed E-state index contributed by atoms with van der Waals surface area (Å²) in [6, 6.07) is 7.89. The van der Waals surface area contributed by atoms with Crippen LogP contribution in [0.4, 0.5) is 10.8 Å². The molecule has 0 spiro atoms. The van der Waals surface area contributed by atoms with E-state index in [4.69, 9.17) is 0 Å². The number of anilines is 2. The van der Waals surface area contributed by atoms with Crippen LogP contribution in [-0.2, 0) is 16.0 Å². The molecule has 1 saturated heterocycles. The number of benzene rings is 1. The summed E-state index contributed by atoms with van der Waals surface area (Å²) in [6.07, 6.45) is 1.18. The number of nitrogens with zero attached hydrogens (tertiary/aromatic N) is 3. The SMILES string of the molecule is CCc1ccc(N2CC(C(=O)Nc3nncs3)CC2=O)cc1. The lowest BCUT2D eigenvalue weighted by molar-refractivity contribution is -0.122. The van der Waals surface area contributed by atoms with Gasteiger partial charge in [0.1, 0.15) is 5.51 Å². The van der Waals surface area contributed by atoms with Crippen LogP contribution < -0.4 is 10.2 Å². The molecule has 1 atom stereocenters. The Hall–Kier alpha value is -2.28. The minimum absolute atomic E-state index is 0.0262. The average Bonchev–Trinajstić information content (AvgIpc) is 3.17. The molecule has 22 heavy (non-hydrogen) atoms. The quantitative estimate of drug-likeness (QED) is 0.937. The van der Waals surface area contributed by atoms with Gasteiger partial charge in [0, 0.05) is 18.7 Å². The first-order chi connectivity index (χ1) is 10.7. The molecule has 1 N–H and O–H groups in total. The Bertz CT molecular complexity index is 669. The summed E-state index contributed by atoms with van der Waals surface area (Å²) in [5.41, 5.74) is 3.62. The van der Waals surface area contributed by atoms with Crippen molar-refractivity contribution < 1.29 is 9.59 Å². The third-order valence-electron chi connectivity index (χ3n) is 3.74. The van der Waals surface area contributed by atoms with Gasteiger partial charge in [-0.25, -0.2) is 0 Å². The lowest BCUT2D eigenvalue weighted by atomic mass is 10.1. The number of rotatable bonds is 4. The van der Waals surface area contributed by atoms with Crippen LogP contribution in [0.2, 0.25) is 0 Å². The molecule has 0 aliphatic carbocycles. The third-order valence-corrected chi connectivity index (χ3v) is 4.35. The van der Waals surface area contributed by atoms with Gasteiger partial charge in [-0.3, -0.25) is 9.59 Å². The van der Waals surface area contributed by atoms with Crippen molar-refractivity contribution in [2.45, 2.75) is 19.8 Å². The number of carbonyl (C=O) groups excluding carboxylic acids is 2. The second-order valence-electron chi connectivity index (χ2n) is 5.16. The molecule has 1 unspecified atom stereocenters. The lowest BCUT2D eigenvalue weighted by Gasteiger charge is -2.16. The van der Waals surface area contributed by atoms with E-state index >= 15 is 0 Å². The van der Waals surface area contributed by atoms with Crippen molar-refractivity contribution in [2.75, 3.05) is 16.8 Å². The predicted molar refractivity (Wildman–Crippen MR) is 84.8 cm³/mol. The van der Waals surface area contributed by atoms with Crippen molar-refractivity contribution in [1.29, 1.82) is 0 Å². The molecule has 0 radical (unpaired) electrons. The molecule has 6 nitrogen and oxygen atoms in total. The van der Waals surface area contributed by atoms with Crippen molar-refractivity contribution in [1.82, 2.24) is 10.2 Å². The van der Waals surface area contributed by atoms with Crippen LogP contribution in [0.3, 0.4) is 0 Å². The van der Waals surface area contributed by atoms with Crippen LogP contribution in [0.1, 0.15) is 18.9 Å². The van der Waals surface area contributed by atoms with E-state index in [1.165, 1.54) is 16.9 Å². The summed E-state index contributed by atoms with van der Waals surface area (Å²) in [6.45, 7) is 2.48. The summed E-state index contributed by atoms with van der Waals surface area (Å²) >= 11 is 1.26. The first-order valence-electron chi connectivity index (χ1n) is 7.13. The smallest absolute Gasteiger partial charge is 0.231 e. The minimum Gasteiger partial charge on any atom is -0.312 e. The van der Waals surface area contributed by atoms with Crippen molar-refractivity contribution in [2.24, 2.45) is 5.92 Å². The number of aryl methyl sites for hydroxylation is 1. The van der Waals surface area contributed by atoms with Crippen molar-refractivity contribution in [3.63, 3.8) is 0 Å². The first-order valence-corrected chi connectivity index (χ1v) is 8.01. The molecular weight excluding hydrogens is 300 g/mol. The Morgan fingerprint density at radius 3 is 2.82 bits per heavy atom. The maximum atomic E-state index is 12.2. The zero-order valence-corrected chi connectivity index (χ0v) is 13.0. The maximum Gasteiger partial charge on any atom is 0.231 e. The number of nitrogens with one attached hydrogen (secondary N) is 1. The van der Waals surface area contributed by atoms with Gasteiger partial charge in [0.15, 0.2) is 0 Å². The number of amides is 2. The zero-order chi connectivity index (χ0) is 15.5. The summed E-state index contributed by atoms with van der Waals surface area (Å²) in [5, 5.41) is 10.6. The Kier molecular flexibility index (Phi) is 4.15. The highest BCUT2D eigenvalue weighted by molar-refractivity contribution is 7.13. The summed E-state index contributed by atoms with van der Waals surface area (Å²) in [4.78, 5) is 26.0. The van der Waals surface area contributed by atoms with E-state index in [-0.39, 0.29) is 24.2 Å². The van der Waals surface area contributed by atoms with Crippen molar-refractivity contribution in [3.8, 4) is 0 Å². The largest absolute Gasteiger partial charge is 0.312 e. The molecule has 2 heterocycles. The molecule has 1 aromatic heterocycles.